The van der Waals surface area contributed by atoms with E-state index in [0.29, 0.717) is 0 Å². The summed E-state index contributed by atoms with van der Waals surface area (Å²) in [5.41, 5.74) is 0.252. The molecular weight excluding hydrogens is 260 g/mol. The van der Waals surface area contributed by atoms with E-state index in [1.54, 1.807) is 0 Å². The number of rotatable bonds is 3. The molecule has 0 fully saturated rings. The maximum atomic E-state index is 12.1. The topological polar surface area (TPSA) is 84.3 Å². The van der Waals surface area contributed by atoms with Crippen LogP contribution in [0.1, 0.15) is 27.1 Å². The number of fused-ring (bicyclic) bond motifs is 1. The quantitative estimate of drug-likeness (QED) is 0.826. The molecular formula is C12H11F2NO4. The number of ketones is 3. The number of halogens is 2. The molecule has 1 aromatic rings. The molecule has 0 saturated heterocycles. The number of hydrogen-bond acceptors (Lipinski definition) is 5. The molecule has 102 valence electrons. The molecule has 19 heavy (non-hydrogen) atoms. The van der Waals surface area contributed by atoms with E-state index >= 15 is 0 Å². The van der Waals surface area contributed by atoms with Crippen molar-refractivity contribution in [3.63, 3.8) is 0 Å². The number of aromatic nitrogens is 1. The summed E-state index contributed by atoms with van der Waals surface area (Å²) in [5.74, 6) is -3.89. The molecule has 1 heterocycles. The molecule has 5 nitrogen and oxygen atoms in total. The van der Waals surface area contributed by atoms with Gasteiger partial charge in [0.2, 0.25) is 0 Å². The predicted octanol–water partition coefficient (Wildman–Crippen LogP) is 0.910. The Labute approximate surface area is 107 Å². The number of alkyl halides is 2. The highest BCUT2D eigenvalue weighted by atomic mass is 19.3. The van der Waals surface area contributed by atoms with Crippen LogP contribution in [0.5, 0.6) is 0 Å². The Hall–Kier alpha value is -2.02. The van der Waals surface area contributed by atoms with Gasteiger partial charge in [0.15, 0.2) is 17.3 Å². The predicted molar refractivity (Wildman–Crippen MR) is 60.2 cm³/mol. The van der Waals surface area contributed by atoms with Crippen molar-refractivity contribution in [2.75, 3.05) is 7.11 Å². The Morgan fingerprint density at radius 2 is 1.89 bits per heavy atom. The van der Waals surface area contributed by atoms with Crippen molar-refractivity contribution in [3.8, 4) is 0 Å². The van der Waals surface area contributed by atoms with Gasteiger partial charge in [0.25, 0.3) is 6.43 Å². The van der Waals surface area contributed by atoms with E-state index in [1.165, 1.54) is 18.5 Å². The molecule has 0 aliphatic heterocycles. The monoisotopic (exact) mass is 271 g/mol. The second-order valence-corrected chi connectivity index (χ2v) is 3.67. The highest BCUT2D eigenvalue weighted by Crippen LogP contribution is 2.28. The van der Waals surface area contributed by atoms with Crippen LogP contribution in [0, 0.1) is 5.92 Å². The summed E-state index contributed by atoms with van der Waals surface area (Å²) in [6, 6.07) is 1.35. The van der Waals surface area contributed by atoms with Gasteiger partial charge in [0, 0.05) is 37.1 Å². The van der Waals surface area contributed by atoms with Gasteiger partial charge in [-0.15, -0.1) is 0 Å². The minimum absolute atomic E-state index is 0.101. The van der Waals surface area contributed by atoms with Crippen LogP contribution in [0.3, 0.4) is 0 Å². The van der Waals surface area contributed by atoms with Crippen LogP contribution in [-0.4, -0.2) is 41.0 Å². The first-order chi connectivity index (χ1) is 9.02. The second kappa shape index (κ2) is 6.24. The summed E-state index contributed by atoms with van der Waals surface area (Å²) < 4.78 is 24.2. The van der Waals surface area contributed by atoms with E-state index in [2.05, 4.69) is 4.98 Å². The number of aliphatic hydroxyl groups excluding tert-OH is 1. The summed E-state index contributed by atoms with van der Waals surface area (Å²) in [4.78, 5) is 38.0. The lowest BCUT2D eigenvalue weighted by Crippen LogP contribution is -2.22. The van der Waals surface area contributed by atoms with E-state index in [-0.39, 0.29) is 11.1 Å². The highest BCUT2D eigenvalue weighted by molar-refractivity contribution is 6.27. The van der Waals surface area contributed by atoms with E-state index in [9.17, 15) is 23.2 Å². The zero-order chi connectivity index (χ0) is 14.6. The molecule has 1 N–H and O–H groups in total. The number of nitrogens with zero attached hydrogens (tertiary/aromatic N) is 1. The van der Waals surface area contributed by atoms with Crippen molar-refractivity contribution < 1.29 is 28.3 Å². The van der Waals surface area contributed by atoms with Gasteiger partial charge < -0.3 is 5.11 Å². The summed E-state index contributed by atoms with van der Waals surface area (Å²) in [5, 5.41) is 7.00. The molecule has 1 unspecified atom stereocenters. The Bertz CT molecular complexity index is 481. The van der Waals surface area contributed by atoms with Crippen LogP contribution < -0.4 is 0 Å². The third-order valence-corrected chi connectivity index (χ3v) is 2.63. The number of aliphatic hydroxyl groups is 1. The lowest BCUT2D eigenvalue weighted by atomic mass is 9.97. The Morgan fingerprint density at radius 3 is 2.42 bits per heavy atom. The molecule has 2 rings (SSSR count). The SMILES string of the molecule is CO.O=C(CC1C(=O)c2ccncc2C1=O)C(F)F. The Balaban J connectivity index is 0.000000861. The number of hydrogen-bond donors (Lipinski definition) is 1. The summed E-state index contributed by atoms with van der Waals surface area (Å²) in [6.07, 6.45) is -1.36. The molecule has 0 spiro atoms. The first-order valence-electron chi connectivity index (χ1n) is 5.30. The van der Waals surface area contributed by atoms with Gasteiger partial charge in [-0.2, -0.15) is 0 Å². The molecule has 0 bridgehead atoms. The molecule has 0 radical (unpaired) electrons. The fourth-order valence-electron chi connectivity index (χ4n) is 1.78. The summed E-state index contributed by atoms with van der Waals surface area (Å²) in [7, 11) is 1.00. The second-order valence-electron chi connectivity index (χ2n) is 3.67. The van der Waals surface area contributed by atoms with Crippen LogP contribution in [0.15, 0.2) is 18.5 Å². The van der Waals surface area contributed by atoms with Crippen LogP contribution >= 0.6 is 0 Å². The Morgan fingerprint density at radius 1 is 1.32 bits per heavy atom. The number of pyridine rings is 1. The Kier molecular flexibility index (Phi) is 4.94. The lowest BCUT2D eigenvalue weighted by Gasteiger charge is -2.04. The van der Waals surface area contributed by atoms with E-state index in [1.807, 2.05) is 0 Å². The standard InChI is InChI=1S/C11H7F2NO3.CH4O/c12-11(13)8(15)3-6-9(16)5-1-2-14-4-7(5)10(6)17;1-2/h1-2,4,6,11H,3H2;2H,1H3. The maximum absolute atomic E-state index is 12.1. The normalized spacial score (nSPS) is 17.0. The average molecular weight is 271 g/mol. The fourth-order valence-corrected chi connectivity index (χ4v) is 1.78. The van der Waals surface area contributed by atoms with Crippen molar-refractivity contribution in [2.24, 2.45) is 5.92 Å². The summed E-state index contributed by atoms with van der Waals surface area (Å²) >= 11 is 0. The van der Waals surface area contributed by atoms with Crippen LogP contribution in [0.4, 0.5) is 8.78 Å². The largest absolute Gasteiger partial charge is 0.400 e. The van der Waals surface area contributed by atoms with Crippen LogP contribution in [0.2, 0.25) is 0 Å². The first-order valence-corrected chi connectivity index (χ1v) is 5.30. The zero-order valence-corrected chi connectivity index (χ0v) is 9.97. The minimum Gasteiger partial charge on any atom is -0.400 e. The third kappa shape index (κ3) is 2.87. The van der Waals surface area contributed by atoms with Crippen molar-refractivity contribution in [2.45, 2.75) is 12.8 Å². The fraction of sp³-hybridized carbons (Fsp3) is 0.333. The zero-order valence-electron chi connectivity index (χ0n) is 9.97. The van der Waals surface area contributed by atoms with E-state index in [0.717, 1.165) is 7.11 Å². The number of Topliss-reactive ketones (excluding diaryl/α,β-unsaturated/α-hetero) is 3. The molecule has 7 heteroatoms. The molecule has 0 saturated carbocycles. The molecule has 1 atom stereocenters. The molecule has 1 aliphatic rings. The maximum Gasteiger partial charge on any atom is 0.296 e. The van der Waals surface area contributed by atoms with Crippen LogP contribution in [-0.2, 0) is 4.79 Å². The van der Waals surface area contributed by atoms with Gasteiger partial charge in [0.05, 0.1) is 5.92 Å². The molecule has 1 aliphatic carbocycles. The lowest BCUT2D eigenvalue weighted by molar-refractivity contribution is -0.129. The van der Waals surface area contributed by atoms with Gasteiger partial charge in [0.1, 0.15) is 0 Å². The molecule has 0 amide bonds. The van der Waals surface area contributed by atoms with E-state index < -0.39 is 36.1 Å². The van der Waals surface area contributed by atoms with Gasteiger partial charge in [-0.1, -0.05) is 0 Å². The van der Waals surface area contributed by atoms with Gasteiger partial charge >= 0.3 is 0 Å². The number of carbonyl (C=O) groups is 3. The average Bonchev–Trinajstić information content (AvgIpc) is 2.66. The van der Waals surface area contributed by atoms with Crippen molar-refractivity contribution in [1.82, 2.24) is 4.98 Å². The van der Waals surface area contributed by atoms with Gasteiger partial charge in [-0.3, -0.25) is 19.4 Å². The molecule has 1 aromatic heterocycles. The van der Waals surface area contributed by atoms with E-state index in [4.69, 9.17) is 5.11 Å². The number of carbonyl (C=O) groups excluding carboxylic acids is 3. The third-order valence-electron chi connectivity index (χ3n) is 2.63. The van der Waals surface area contributed by atoms with Gasteiger partial charge in [-0.25, -0.2) is 8.78 Å². The van der Waals surface area contributed by atoms with Crippen molar-refractivity contribution >= 4 is 17.3 Å². The van der Waals surface area contributed by atoms with Crippen molar-refractivity contribution in [1.29, 1.82) is 0 Å². The van der Waals surface area contributed by atoms with Gasteiger partial charge in [-0.05, 0) is 6.07 Å². The molecule has 0 aromatic carbocycles. The minimum atomic E-state index is -3.16. The smallest absolute Gasteiger partial charge is 0.296 e. The van der Waals surface area contributed by atoms with Crippen LogP contribution in [0.25, 0.3) is 0 Å². The van der Waals surface area contributed by atoms with Crippen molar-refractivity contribution in [3.05, 3.63) is 29.6 Å². The highest BCUT2D eigenvalue weighted by Gasteiger charge is 2.40. The first kappa shape index (κ1) is 15.0. The summed E-state index contributed by atoms with van der Waals surface area (Å²) in [6.45, 7) is 0.